The summed E-state index contributed by atoms with van der Waals surface area (Å²) in [6.07, 6.45) is 3.82. The van der Waals surface area contributed by atoms with Crippen molar-refractivity contribution in [2.75, 3.05) is 0 Å². The van der Waals surface area contributed by atoms with Crippen LogP contribution in [0.25, 0.3) is 0 Å². The molecule has 0 unspecified atom stereocenters. The number of cyclic esters (lactones) is 2. The lowest BCUT2D eigenvalue weighted by atomic mass is 10.00. The lowest BCUT2D eigenvalue weighted by molar-refractivity contribution is -0.144. The van der Waals surface area contributed by atoms with Crippen molar-refractivity contribution >= 4 is 12.1 Å². The third-order valence-electron chi connectivity index (χ3n) is 3.99. The van der Waals surface area contributed by atoms with Crippen molar-refractivity contribution in [2.24, 2.45) is 0 Å². The molecule has 1 aromatic carbocycles. The molecular formula is C15H17NO3. The summed E-state index contributed by atoms with van der Waals surface area (Å²) in [6.45, 7) is 0. The van der Waals surface area contributed by atoms with Crippen LogP contribution < -0.4 is 0 Å². The molecule has 1 aromatic rings. The summed E-state index contributed by atoms with van der Waals surface area (Å²) in [6, 6.07) is 10.0. The largest absolute Gasteiger partial charge is 0.418 e. The topological polar surface area (TPSA) is 46.6 Å². The number of carbonyl (C=O) groups excluding carboxylic acids is 2. The second-order valence-corrected chi connectivity index (χ2v) is 5.22. The molecule has 2 saturated heterocycles. The molecule has 4 heteroatoms. The van der Waals surface area contributed by atoms with Gasteiger partial charge in [-0.1, -0.05) is 43.2 Å². The van der Waals surface area contributed by atoms with Crippen LogP contribution in [0.3, 0.4) is 0 Å². The zero-order valence-corrected chi connectivity index (χ0v) is 10.7. The first kappa shape index (κ1) is 12.2. The molecule has 0 saturated carbocycles. The first-order valence-electron chi connectivity index (χ1n) is 6.83. The van der Waals surface area contributed by atoms with E-state index >= 15 is 0 Å². The van der Waals surface area contributed by atoms with E-state index in [0.29, 0.717) is 6.42 Å². The number of rotatable bonds is 1. The molecule has 2 heterocycles. The number of hydrogen-bond acceptors (Lipinski definition) is 3. The molecule has 2 aliphatic rings. The van der Waals surface area contributed by atoms with E-state index in [1.165, 1.54) is 0 Å². The van der Waals surface area contributed by atoms with E-state index in [2.05, 4.69) is 0 Å². The zero-order chi connectivity index (χ0) is 13.2. The van der Waals surface area contributed by atoms with E-state index < -0.39 is 6.09 Å². The van der Waals surface area contributed by atoms with E-state index in [1.807, 2.05) is 30.3 Å². The van der Waals surface area contributed by atoms with Gasteiger partial charge in [0, 0.05) is 6.04 Å². The number of carbonyl (C=O) groups is 2. The molecule has 3 rings (SSSR count). The molecule has 2 fully saturated rings. The van der Waals surface area contributed by atoms with Crippen LogP contribution in [0.4, 0.5) is 4.79 Å². The zero-order valence-electron chi connectivity index (χ0n) is 10.7. The van der Waals surface area contributed by atoms with E-state index in [4.69, 9.17) is 4.74 Å². The summed E-state index contributed by atoms with van der Waals surface area (Å²) in [4.78, 5) is 25.3. The Balaban J connectivity index is 1.94. The van der Waals surface area contributed by atoms with Gasteiger partial charge >= 0.3 is 12.1 Å². The van der Waals surface area contributed by atoms with E-state index in [1.54, 1.807) is 4.90 Å². The smallest absolute Gasteiger partial charge is 0.376 e. The molecule has 0 aromatic heterocycles. The molecule has 1 amide bonds. The number of esters is 1. The third kappa shape index (κ3) is 2.35. The summed E-state index contributed by atoms with van der Waals surface area (Å²) in [5, 5.41) is 0. The monoisotopic (exact) mass is 259 g/mol. The average Bonchev–Trinajstić information content (AvgIpc) is 2.62. The standard InChI is InChI=1S/C15H17NO3/c17-14-10-12-8-4-5-9-13(16(12)15(18)19-14)11-6-2-1-3-7-11/h1-3,6-7,12-13H,4-5,8-10H2/t12-,13-/m1/s1. The minimum Gasteiger partial charge on any atom is -0.376 e. The highest BCUT2D eigenvalue weighted by atomic mass is 16.6. The van der Waals surface area contributed by atoms with Gasteiger partial charge in [-0.2, -0.15) is 0 Å². The van der Waals surface area contributed by atoms with Crippen molar-refractivity contribution in [3.63, 3.8) is 0 Å². The molecule has 0 spiro atoms. The fraction of sp³-hybridized carbons (Fsp3) is 0.467. The maximum Gasteiger partial charge on any atom is 0.418 e. The highest BCUT2D eigenvalue weighted by molar-refractivity contribution is 5.88. The number of ether oxygens (including phenoxy) is 1. The Morgan fingerprint density at radius 1 is 1.05 bits per heavy atom. The summed E-state index contributed by atoms with van der Waals surface area (Å²) < 4.78 is 4.81. The number of amides is 1. The first-order valence-corrected chi connectivity index (χ1v) is 6.83. The molecule has 100 valence electrons. The summed E-state index contributed by atoms with van der Waals surface area (Å²) in [5.41, 5.74) is 1.13. The third-order valence-corrected chi connectivity index (χ3v) is 3.99. The Bertz CT molecular complexity index is 485. The quantitative estimate of drug-likeness (QED) is 0.575. The van der Waals surface area contributed by atoms with Gasteiger partial charge in [-0.25, -0.2) is 4.79 Å². The fourth-order valence-corrected chi connectivity index (χ4v) is 3.11. The van der Waals surface area contributed by atoms with E-state index in [-0.39, 0.29) is 18.1 Å². The molecular weight excluding hydrogens is 242 g/mol. The van der Waals surface area contributed by atoms with Crippen molar-refractivity contribution in [3.05, 3.63) is 35.9 Å². The van der Waals surface area contributed by atoms with Crippen LogP contribution >= 0.6 is 0 Å². The van der Waals surface area contributed by atoms with Crippen LogP contribution in [0.5, 0.6) is 0 Å². The van der Waals surface area contributed by atoms with Gasteiger partial charge in [0.1, 0.15) is 0 Å². The van der Waals surface area contributed by atoms with Crippen molar-refractivity contribution in [3.8, 4) is 0 Å². The number of nitrogens with zero attached hydrogens (tertiary/aromatic N) is 1. The van der Waals surface area contributed by atoms with Gasteiger partial charge in [0.05, 0.1) is 12.5 Å². The SMILES string of the molecule is O=C1C[C@H]2CCCC[C@H](c3ccccc3)N2C(=O)O1. The average molecular weight is 259 g/mol. The highest BCUT2D eigenvalue weighted by Gasteiger charge is 2.40. The second kappa shape index (κ2) is 5.03. The number of fused-ring (bicyclic) bond motifs is 1. The van der Waals surface area contributed by atoms with E-state index in [0.717, 1.165) is 31.2 Å². The maximum atomic E-state index is 12.1. The van der Waals surface area contributed by atoms with Gasteiger partial charge in [0.2, 0.25) is 0 Å². The van der Waals surface area contributed by atoms with Crippen LogP contribution in [0.2, 0.25) is 0 Å². The van der Waals surface area contributed by atoms with Crippen molar-refractivity contribution in [2.45, 2.75) is 44.2 Å². The lowest BCUT2D eigenvalue weighted by Gasteiger charge is -2.38. The predicted octanol–water partition coefficient (Wildman–Crippen LogP) is 3.04. The van der Waals surface area contributed by atoms with Crippen LogP contribution in [0.1, 0.15) is 43.7 Å². The molecule has 0 bridgehead atoms. The first-order chi connectivity index (χ1) is 9.25. The predicted molar refractivity (Wildman–Crippen MR) is 69.4 cm³/mol. The Labute approximate surface area is 112 Å². The van der Waals surface area contributed by atoms with Gasteiger partial charge in [0.25, 0.3) is 0 Å². The molecule has 2 aliphatic heterocycles. The summed E-state index contributed by atoms with van der Waals surface area (Å²) in [5.74, 6) is -0.389. The molecule has 0 N–H and O–H groups in total. The minimum absolute atomic E-state index is 0.00135. The summed E-state index contributed by atoms with van der Waals surface area (Å²) in [7, 11) is 0. The highest BCUT2D eigenvalue weighted by Crippen LogP contribution is 2.36. The van der Waals surface area contributed by atoms with Crippen molar-refractivity contribution < 1.29 is 14.3 Å². The van der Waals surface area contributed by atoms with Crippen molar-refractivity contribution in [1.82, 2.24) is 4.90 Å². The molecule has 0 radical (unpaired) electrons. The van der Waals surface area contributed by atoms with Crippen LogP contribution in [-0.4, -0.2) is 23.0 Å². The van der Waals surface area contributed by atoms with Crippen LogP contribution in [0, 0.1) is 0 Å². The Hall–Kier alpha value is -1.84. The molecule has 0 aliphatic carbocycles. The Morgan fingerprint density at radius 2 is 1.79 bits per heavy atom. The van der Waals surface area contributed by atoms with Crippen molar-refractivity contribution in [1.29, 1.82) is 0 Å². The number of hydrogen-bond donors (Lipinski definition) is 0. The molecule has 4 nitrogen and oxygen atoms in total. The molecule has 2 atom stereocenters. The van der Waals surface area contributed by atoms with Gasteiger partial charge < -0.3 is 4.74 Å². The second-order valence-electron chi connectivity index (χ2n) is 5.22. The normalized spacial score (nSPS) is 27.5. The van der Waals surface area contributed by atoms with Crippen LogP contribution in [-0.2, 0) is 9.53 Å². The number of benzene rings is 1. The minimum atomic E-state index is -0.475. The Morgan fingerprint density at radius 3 is 2.58 bits per heavy atom. The fourth-order valence-electron chi connectivity index (χ4n) is 3.11. The van der Waals surface area contributed by atoms with Gasteiger partial charge in [0.15, 0.2) is 0 Å². The van der Waals surface area contributed by atoms with E-state index in [9.17, 15) is 9.59 Å². The van der Waals surface area contributed by atoms with Crippen LogP contribution in [0.15, 0.2) is 30.3 Å². The van der Waals surface area contributed by atoms with Gasteiger partial charge in [-0.3, -0.25) is 9.69 Å². The molecule has 19 heavy (non-hydrogen) atoms. The maximum absolute atomic E-state index is 12.1. The van der Waals surface area contributed by atoms with Gasteiger partial charge in [-0.15, -0.1) is 0 Å². The van der Waals surface area contributed by atoms with Gasteiger partial charge in [-0.05, 0) is 18.4 Å². The lowest BCUT2D eigenvalue weighted by Crippen LogP contribution is -2.48. The summed E-state index contributed by atoms with van der Waals surface area (Å²) >= 11 is 0. The Kier molecular flexibility index (Phi) is 3.23.